The van der Waals surface area contributed by atoms with Gasteiger partial charge in [0.25, 0.3) is 0 Å². The maximum absolute atomic E-state index is 11.8. The van der Waals surface area contributed by atoms with Crippen LogP contribution in [-0.4, -0.2) is 12.6 Å². The molecule has 0 radical (unpaired) electrons. The maximum atomic E-state index is 11.8. The van der Waals surface area contributed by atoms with Crippen LogP contribution in [0, 0.1) is 17.8 Å². The predicted molar refractivity (Wildman–Crippen MR) is 63.7 cm³/mol. The number of ether oxygens (including phenoxy) is 1. The van der Waals surface area contributed by atoms with Crippen molar-refractivity contribution in [1.82, 2.24) is 0 Å². The molecule has 0 saturated carbocycles. The lowest BCUT2D eigenvalue weighted by Gasteiger charge is -2.21. The molecule has 0 aromatic heterocycles. The fourth-order valence-corrected chi connectivity index (χ4v) is 1.57. The van der Waals surface area contributed by atoms with Gasteiger partial charge in [-0.25, -0.2) is 0 Å². The molecule has 1 atom stereocenters. The topological polar surface area (TPSA) is 26.3 Å². The highest BCUT2D eigenvalue weighted by Crippen LogP contribution is 2.21. The smallest absolute Gasteiger partial charge is 0.309 e. The van der Waals surface area contributed by atoms with Gasteiger partial charge in [0.15, 0.2) is 0 Å². The molecule has 0 rings (SSSR count). The van der Waals surface area contributed by atoms with Gasteiger partial charge in [0.2, 0.25) is 0 Å². The van der Waals surface area contributed by atoms with Gasteiger partial charge in [-0.2, -0.15) is 0 Å². The van der Waals surface area contributed by atoms with Crippen LogP contribution in [0.25, 0.3) is 0 Å². The fourth-order valence-electron chi connectivity index (χ4n) is 1.57. The first-order valence-corrected chi connectivity index (χ1v) is 6.15. The first-order chi connectivity index (χ1) is 6.99. The summed E-state index contributed by atoms with van der Waals surface area (Å²) in [6, 6.07) is 0. The van der Waals surface area contributed by atoms with E-state index in [9.17, 15) is 4.79 Å². The minimum atomic E-state index is -0.00727. The van der Waals surface area contributed by atoms with Crippen LogP contribution in [0.4, 0.5) is 0 Å². The summed E-state index contributed by atoms with van der Waals surface area (Å²) in [7, 11) is 0. The summed E-state index contributed by atoms with van der Waals surface area (Å²) in [5, 5.41) is 0. The summed E-state index contributed by atoms with van der Waals surface area (Å²) in [6.07, 6.45) is 2.98. The Morgan fingerprint density at radius 1 is 1.20 bits per heavy atom. The van der Waals surface area contributed by atoms with Crippen molar-refractivity contribution in [1.29, 1.82) is 0 Å². The Bertz CT molecular complexity index is 173. The number of hydrogen-bond donors (Lipinski definition) is 0. The van der Waals surface area contributed by atoms with E-state index in [-0.39, 0.29) is 11.9 Å². The quantitative estimate of drug-likeness (QED) is 0.477. The average molecular weight is 214 g/mol. The molecule has 0 N–H and O–H groups in total. The molecule has 2 nitrogen and oxygen atoms in total. The van der Waals surface area contributed by atoms with E-state index in [2.05, 4.69) is 34.6 Å². The van der Waals surface area contributed by atoms with Gasteiger partial charge in [-0.05, 0) is 24.7 Å². The highest BCUT2D eigenvalue weighted by atomic mass is 16.5. The predicted octanol–water partition coefficient (Wildman–Crippen LogP) is 3.65. The van der Waals surface area contributed by atoms with Crippen molar-refractivity contribution in [3.05, 3.63) is 0 Å². The second-order valence-electron chi connectivity index (χ2n) is 5.00. The molecular weight excluding hydrogens is 188 g/mol. The summed E-state index contributed by atoms with van der Waals surface area (Å²) >= 11 is 0. The molecule has 0 aromatic rings. The van der Waals surface area contributed by atoms with Crippen LogP contribution >= 0.6 is 0 Å². The molecule has 90 valence electrons. The van der Waals surface area contributed by atoms with E-state index in [1.165, 1.54) is 0 Å². The van der Waals surface area contributed by atoms with E-state index >= 15 is 0 Å². The first kappa shape index (κ1) is 14.5. The Labute approximate surface area is 94.4 Å². The van der Waals surface area contributed by atoms with Crippen molar-refractivity contribution in [3.63, 3.8) is 0 Å². The Morgan fingerprint density at radius 2 is 1.80 bits per heavy atom. The van der Waals surface area contributed by atoms with Gasteiger partial charge in [0.05, 0.1) is 12.5 Å². The molecular formula is C13H26O2. The van der Waals surface area contributed by atoms with Gasteiger partial charge < -0.3 is 4.74 Å². The summed E-state index contributed by atoms with van der Waals surface area (Å²) in [6.45, 7) is 11.2. The monoisotopic (exact) mass is 214 g/mol. The standard InChI is InChI=1S/C13H26O2/c1-6-7-8-15-13(14)12(11(4)5)9-10(2)3/h10-12H,6-9H2,1-5H3. The maximum Gasteiger partial charge on any atom is 0.309 e. The lowest BCUT2D eigenvalue weighted by atomic mass is 9.88. The molecule has 0 aliphatic rings. The van der Waals surface area contributed by atoms with Crippen molar-refractivity contribution >= 4 is 5.97 Å². The largest absolute Gasteiger partial charge is 0.465 e. The number of hydrogen-bond acceptors (Lipinski definition) is 2. The van der Waals surface area contributed by atoms with E-state index in [0.717, 1.165) is 19.3 Å². The van der Waals surface area contributed by atoms with E-state index in [1.807, 2.05) is 0 Å². The lowest BCUT2D eigenvalue weighted by Crippen LogP contribution is -2.24. The minimum Gasteiger partial charge on any atom is -0.465 e. The molecule has 0 bridgehead atoms. The second kappa shape index (κ2) is 7.72. The van der Waals surface area contributed by atoms with Crippen LogP contribution in [-0.2, 0) is 9.53 Å². The van der Waals surface area contributed by atoms with Crippen molar-refractivity contribution < 1.29 is 9.53 Å². The number of unbranched alkanes of at least 4 members (excludes halogenated alkanes) is 1. The normalized spacial score (nSPS) is 13.3. The highest BCUT2D eigenvalue weighted by Gasteiger charge is 2.24. The third-order valence-corrected chi connectivity index (χ3v) is 2.58. The van der Waals surface area contributed by atoms with Crippen molar-refractivity contribution in [2.45, 2.75) is 53.9 Å². The minimum absolute atomic E-state index is 0.00727. The summed E-state index contributed by atoms with van der Waals surface area (Å²) in [5.41, 5.74) is 0. The third kappa shape index (κ3) is 6.53. The SMILES string of the molecule is CCCCOC(=O)C(CC(C)C)C(C)C. The van der Waals surface area contributed by atoms with E-state index in [4.69, 9.17) is 4.74 Å². The molecule has 1 unspecified atom stereocenters. The Balaban J connectivity index is 4.05. The first-order valence-electron chi connectivity index (χ1n) is 6.15. The Morgan fingerprint density at radius 3 is 2.20 bits per heavy atom. The number of carbonyl (C=O) groups is 1. The number of rotatable bonds is 7. The Hall–Kier alpha value is -0.530. The zero-order valence-corrected chi connectivity index (χ0v) is 10.9. The lowest BCUT2D eigenvalue weighted by molar-refractivity contribution is -0.150. The zero-order chi connectivity index (χ0) is 11.8. The van der Waals surface area contributed by atoms with Crippen LogP contribution in [0.5, 0.6) is 0 Å². The highest BCUT2D eigenvalue weighted by molar-refractivity contribution is 5.72. The molecule has 2 heteroatoms. The molecule has 0 aliphatic heterocycles. The van der Waals surface area contributed by atoms with Crippen molar-refractivity contribution in [3.8, 4) is 0 Å². The molecule has 0 saturated heterocycles. The van der Waals surface area contributed by atoms with E-state index in [0.29, 0.717) is 18.4 Å². The molecule has 0 aliphatic carbocycles. The van der Waals surface area contributed by atoms with Gasteiger partial charge in [-0.15, -0.1) is 0 Å². The summed E-state index contributed by atoms with van der Waals surface area (Å²) < 4.78 is 5.27. The van der Waals surface area contributed by atoms with Crippen LogP contribution in [0.1, 0.15) is 53.9 Å². The van der Waals surface area contributed by atoms with Gasteiger partial charge in [0.1, 0.15) is 0 Å². The van der Waals surface area contributed by atoms with Crippen LogP contribution < -0.4 is 0 Å². The van der Waals surface area contributed by atoms with Gasteiger partial charge in [-0.1, -0.05) is 41.0 Å². The number of carbonyl (C=O) groups excluding carboxylic acids is 1. The van der Waals surface area contributed by atoms with Gasteiger partial charge in [-0.3, -0.25) is 4.79 Å². The van der Waals surface area contributed by atoms with Gasteiger partial charge >= 0.3 is 5.97 Å². The van der Waals surface area contributed by atoms with Crippen LogP contribution in [0.15, 0.2) is 0 Å². The van der Waals surface area contributed by atoms with E-state index in [1.54, 1.807) is 0 Å². The number of esters is 1. The fraction of sp³-hybridized carbons (Fsp3) is 0.923. The van der Waals surface area contributed by atoms with E-state index < -0.39 is 0 Å². The molecule has 0 aromatic carbocycles. The zero-order valence-electron chi connectivity index (χ0n) is 10.9. The van der Waals surface area contributed by atoms with Crippen LogP contribution in [0.3, 0.4) is 0 Å². The molecule has 0 amide bonds. The van der Waals surface area contributed by atoms with Crippen LogP contribution in [0.2, 0.25) is 0 Å². The Kier molecular flexibility index (Phi) is 7.45. The van der Waals surface area contributed by atoms with Gasteiger partial charge in [0, 0.05) is 0 Å². The van der Waals surface area contributed by atoms with Crippen molar-refractivity contribution in [2.24, 2.45) is 17.8 Å². The second-order valence-corrected chi connectivity index (χ2v) is 5.00. The average Bonchev–Trinajstić information content (AvgIpc) is 2.13. The molecule has 15 heavy (non-hydrogen) atoms. The molecule has 0 heterocycles. The van der Waals surface area contributed by atoms with Crippen molar-refractivity contribution in [2.75, 3.05) is 6.61 Å². The molecule has 0 fully saturated rings. The summed E-state index contributed by atoms with van der Waals surface area (Å²) in [5.74, 6) is 0.992. The molecule has 0 spiro atoms. The summed E-state index contributed by atoms with van der Waals surface area (Å²) in [4.78, 5) is 11.8. The third-order valence-electron chi connectivity index (χ3n) is 2.58.